The van der Waals surface area contributed by atoms with Gasteiger partial charge in [0.25, 0.3) is 0 Å². The minimum atomic E-state index is -0.0941. The van der Waals surface area contributed by atoms with Crippen LogP contribution in [0.1, 0.15) is 6.92 Å². The molecule has 0 aliphatic rings. The van der Waals surface area contributed by atoms with Crippen LogP contribution in [0.3, 0.4) is 0 Å². The standard InChI is InChI=1S/C3H10OSi2/c1-3(2)4-6-5/h1,6H2,2,5H3. The molecular weight excluding hydrogens is 108 g/mol. The molecule has 3 heteroatoms. The highest BCUT2D eigenvalue weighted by molar-refractivity contribution is 6.85. The quantitative estimate of drug-likeness (QED) is 0.330. The van der Waals surface area contributed by atoms with Crippen LogP contribution in [0.4, 0.5) is 0 Å². The first-order valence-corrected chi connectivity index (χ1v) is 8.29. The van der Waals surface area contributed by atoms with E-state index in [1.165, 1.54) is 9.76 Å². The van der Waals surface area contributed by atoms with Crippen molar-refractivity contribution in [3.8, 4) is 0 Å². The molecule has 0 aromatic carbocycles. The van der Waals surface area contributed by atoms with E-state index in [1.807, 2.05) is 6.92 Å². The van der Waals surface area contributed by atoms with Gasteiger partial charge in [0, 0.05) is 9.76 Å². The SMILES string of the molecule is C=C(C)O[SiH2][SiH3]. The Bertz CT molecular complexity index is 52.8. The molecule has 0 spiro atoms. The van der Waals surface area contributed by atoms with Gasteiger partial charge in [0.05, 0.1) is 5.76 Å². The van der Waals surface area contributed by atoms with Crippen LogP contribution in [-0.2, 0) is 4.43 Å². The summed E-state index contributed by atoms with van der Waals surface area (Å²) in [6, 6.07) is 0. The predicted molar refractivity (Wildman–Crippen MR) is 34.4 cm³/mol. The van der Waals surface area contributed by atoms with E-state index in [9.17, 15) is 0 Å². The predicted octanol–water partition coefficient (Wildman–Crippen LogP) is -1.10. The highest BCUT2D eigenvalue weighted by atomic mass is 29.1. The fraction of sp³-hybridized carbons (Fsp3) is 0.333. The van der Waals surface area contributed by atoms with Gasteiger partial charge in [0.1, 0.15) is 0 Å². The van der Waals surface area contributed by atoms with E-state index in [0.717, 1.165) is 5.76 Å². The van der Waals surface area contributed by atoms with E-state index in [-0.39, 0.29) is 9.28 Å². The van der Waals surface area contributed by atoms with Crippen molar-refractivity contribution in [2.24, 2.45) is 0 Å². The van der Waals surface area contributed by atoms with Gasteiger partial charge < -0.3 is 4.43 Å². The summed E-state index contributed by atoms with van der Waals surface area (Å²) >= 11 is 0. The summed E-state index contributed by atoms with van der Waals surface area (Å²) in [5.74, 6) is 0.886. The van der Waals surface area contributed by atoms with Crippen molar-refractivity contribution in [3.05, 3.63) is 12.3 Å². The zero-order valence-corrected chi connectivity index (χ0v) is 7.74. The van der Waals surface area contributed by atoms with Gasteiger partial charge in [-0.15, -0.1) is 0 Å². The third kappa shape index (κ3) is 3.97. The summed E-state index contributed by atoms with van der Waals surface area (Å²) in [5, 5.41) is 0. The molecule has 0 heterocycles. The van der Waals surface area contributed by atoms with E-state index in [1.54, 1.807) is 0 Å². The highest BCUT2D eigenvalue weighted by Gasteiger charge is 1.73. The lowest BCUT2D eigenvalue weighted by molar-refractivity contribution is 0.470. The van der Waals surface area contributed by atoms with Crippen LogP contribution in [0, 0.1) is 0 Å². The Morgan fingerprint density at radius 3 is 2.50 bits per heavy atom. The number of rotatable bonds is 2. The topological polar surface area (TPSA) is 9.23 Å². The minimum absolute atomic E-state index is 0.0941. The van der Waals surface area contributed by atoms with Gasteiger partial charge in [-0.25, -0.2) is 0 Å². The average molecular weight is 118 g/mol. The summed E-state index contributed by atoms with van der Waals surface area (Å²) in [6.45, 7) is 5.47. The molecule has 0 radical (unpaired) electrons. The number of allylic oxidation sites excluding steroid dienone is 1. The largest absolute Gasteiger partial charge is 0.557 e. The molecule has 6 heavy (non-hydrogen) atoms. The lowest BCUT2D eigenvalue weighted by Gasteiger charge is -1.96. The highest BCUT2D eigenvalue weighted by Crippen LogP contribution is 1.82. The van der Waals surface area contributed by atoms with Crippen molar-refractivity contribution >= 4 is 19.0 Å². The molecule has 0 bridgehead atoms. The maximum Gasteiger partial charge on any atom is 0.194 e. The molecule has 36 valence electrons. The Balaban J connectivity index is 2.83. The summed E-state index contributed by atoms with van der Waals surface area (Å²) in [4.78, 5) is 0. The lowest BCUT2D eigenvalue weighted by Crippen LogP contribution is -1.92. The van der Waals surface area contributed by atoms with Gasteiger partial charge in [-0.05, 0) is 6.92 Å². The van der Waals surface area contributed by atoms with Gasteiger partial charge in [-0.1, -0.05) is 6.58 Å². The van der Waals surface area contributed by atoms with E-state index < -0.39 is 0 Å². The van der Waals surface area contributed by atoms with Gasteiger partial charge in [0.15, 0.2) is 9.28 Å². The molecule has 0 unspecified atom stereocenters. The van der Waals surface area contributed by atoms with Crippen molar-refractivity contribution in [2.45, 2.75) is 6.92 Å². The van der Waals surface area contributed by atoms with Crippen LogP contribution in [0.25, 0.3) is 0 Å². The molecule has 0 rings (SSSR count). The van der Waals surface area contributed by atoms with Crippen molar-refractivity contribution in [1.82, 2.24) is 0 Å². The minimum Gasteiger partial charge on any atom is -0.557 e. The van der Waals surface area contributed by atoms with Crippen LogP contribution < -0.4 is 0 Å². The second-order valence-electron chi connectivity index (χ2n) is 1.14. The Morgan fingerprint density at radius 1 is 2.00 bits per heavy atom. The average Bonchev–Trinajstić information content (AvgIpc) is 1.35. The molecule has 0 aliphatic heterocycles. The zero-order chi connectivity index (χ0) is 4.99. The van der Waals surface area contributed by atoms with Crippen molar-refractivity contribution in [1.29, 1.82) is 0 Å². The normalized spacial score (nSPS) is 10.2. The Morgan fingerprint density at radius 2 is 2.50 bits per heavy atom. The summed E-state index contributed by atoms with van der Waals surface area (Å²) in [5.41, 5.74) is 0. The van der Waals surface area contributed by atoms with E-state index in [2.05, 4.69) is 6.58 Å². The maximum absolute atomic E-state index is 5.05. The zero-order valence-electron chi connectivity index (χ0n) is 4.32. The third-order valence-electron chi connectivity index (χ3n) is 0.391. The molecule has 0 fully saturated rings. The van der Waals surface area contributed by atoms with Crippen LogP contribution in [0.5, 0.6) is 0 Å². The van der Waals surface area contributed by atoms with Crippen LogP contribution >= 0.6 is 0 Å². The fourth-order valence-corrected chi connectivity index (χ4v) is 2.22. The summed E-state index contributed by atoms with van der Waals surface area (Å²) in [6.07, 6.45) is 0. The Hall–Kier alpha value is -0.0262. The second-order valence-corrected chi connectivity index (χ2v) is 3.73. The van der Waals surface area contributed by atoms with Crippen molar-refractivity contribution in [2.75, 3.05) is 0 Å². The Kier molecular flexibility index (Phi) is 3.16. The smallest absolute Gasteiger partial charge is 0.194 e. The van der Waals surface area contributed by atoms with Gasteiger partial charge in [0.2, 0.25) is 0 Å². The molecular formula is C3H10OSi2. The van der Waals surface area contributed by atoms with Crippen molar-refractivity contribution < 1.29 is 4.43 Å². The fourth-order valence-electron chi connectivity index (χ4n) is 0.246. The first-order valence-electron chi connectivity index (χ1n) is 2.05. The number of hydrogen-bond acceptors (Lipinski definition) is 1. The molecule has 0 saturated carbocycles. The molecule has 0 aliphatic carbocycles. The number of hydrogen-bond donors (Lipinski definition) is 0. The van der Waals surface area contributed by atoms with E-state index in [4.69, 9.17) is 4.43 Å². The Labute approximate surface area is 43.6 Å². The molecule has 0 aromatic rings. The monoisotopic (exact) mass is 118 g/mol. The van der Waals surface area contributed by atoms with Crippen LogP contribution in [0.15, 0.2) is 12.3 Å². The van der Waals surface area contributed by atoms with Crippen LogP contribution in [-0.4, -0.2) is 19.0 Å². The first kappa shape index (κ1) is 5.97. The van der Waals surface area contributed by atoms with E-state index in [0.29, 0.717) is 0 Å². The summed E-state index contributed by atoms with van der Waals surface area (Å²) in [7, 11) is 1.15. The maximum atomic E-state index is 5.05. The van der Waals surface area contributed by atoms with Crippen LogP contribution in [0.2, 0.25) is 0 Å². The lowest BCUT2D eigenvalue weighted by atomic mass is 10.7. The van der Waals surface area contributed by atoms with Crippen molar-refractivity contribution in [3.63, 3.8) is 0 Å². The second kappa shape index (κ2) is 3.17. The molecule has 0 aromatic heterocycles. The summed E-state index contributed by atoms with van der Waals surface area (Å²) < 4.78 is 5.05. The molecule has 0 N–H and O–H groups in total. The first-order chi connectivity index (χ1) is 2.77. The van der Waals surface area contributed by atoms with Gasteiger partial charge in [-0.3, -0.25) is 0 Å². The molecule has 0 amide bonds. The van der Waals surface area contributed by atoms with Gasteiger partial charge >= 0.3 is 0 Å². The molecule has 0 saturated heterocycles. The molecule has 1 nitrogen and oxygen atoms in total. The third-order valence-corrected chi connectivity index (χ3v) is 2.04. The van der Waals surface area contributed by atoms with Gasteiger partial charge in [-0.2, -0.15) is 0 Å². The molecule has 0 atom stereocenters. The van der Waals surface area contributed by atoms with E-state index >= 15 is 0 Å².